The van der Waals surface area contributed by atoms with Crippen molar-refractivity contribution in [2.75, 3.05) is 0 Å². The van der Waals surface area contributed by atoms with E-state index in [-0.39, 0.29) is 23.8 Å². The van der Waals surface area contributed by atoms with Crippen LogP contribution in [-0.4, -0.2) is 20.7 Å². The molecule has 0 aromatic carbocycles. The van der Waals surface area contributed by atoms with Crippen LogP contribution in [0.1, 0.15) is 49.6 Å². The van der Waals surface area contributed by atoms with Crippen LogP contribution in [0.3, 0.4) is 0 Å². The zero-order valence-corrected chi connectivity index (χ0v) is 13.9. The van der Waals surface area contributed by atoms with E-state index in [1.165, 1.54) is 0 Å². The topological polar surface area (TPSA) is 59.8 Å². The lowest BCUT2D eigenvalue weighted by Crippen LogP contribution is -2.34. The van der Waals surface area contributed by atoms with Gasteiger partial charge in [-0.2, -0.15) is 5.10 Å². The normalized spacial score (nSPS) is 13.9. The molecule has 5 nitrogen and oxygen atoms in total. The number of nitrogens with zero attached hydrogens (tertiary/aromatic N) is 3. The van der Waals surface area contributed by atoms with Gasteiger partial charge in [0.25, 0.3) is 0 Å². The largest absolute Gasteiger partial charge is 0.349 e. The summed E-state index contributed by atoms with van der Waals surface area (Å²) in [5.41, 5.74) is 2.99. The zero-order valence-electron chi connectivity index (χ0n) is 13.9. The molecule has 1 N–H and O–H groups in total. The maximum absolute atomic E-state index is 12.7. The summed E-state index contributed by atoms with van der Waals surface area (Å²) in [6.45, 7) is 8.07. The van der Waals surface area contributed by atoms with Gasteiger partial charge in [-0.25, -0.2) is 0 Å². The Morgan fingerprint density at radius 3 is 2.36 bits per heavy atom. The second kappa shape index (κ2) is 6.73. The summed E-state index contributed by atoms with van der Waals surface area (Å²) in [6.07, 6.45) is 5.41. The molecular weight excluding hydrogens is 276 g/mol. The second-order valence-electron chi connectivity index (χ2n) is 6.08. The first-order chi connectivity index (χ1) is 10.4. The Labute approximate surface area is 131 Å². The number of hydrogen-bond acceptors (Lipinski definition) is 3. The first-order valence-corrected chi connectivity index (χ1v) is 7.60. The summed E-state index contributed by atoms with van der Waals surface area (Å²) in [4.78, 5) is 16.8. The molecule has 2 heterocycles. The molecule has 2 atom stereocenters. The van der Waals surface area contributed by atoms with E-state index in [2.05, 4.69) is 29.2 Å². The van der Waals surface area contributed by atoms with E-state index in [4.69, 9.17) is 0 Å². The molecule has 0 bridgehead atoms. The van der Waals surface area contributed by atoms with Gasteiger partial charge in [0.1, 0.15) is 0 Å². The molecule has 0 aliphatic rings. The van der Waals surface area contributed by atoms with E-state index in [0.717, 1.165) is 16.8 Å². The lowest BCUT2D eigenvalue weighted by molar-refractivity contribution is -0.124. The van der Waals surface area contributed by atoms with Gasteiger partial charge in [0.2, 0.25) is 5.91 Å². The lowest BCUT2D eigenvalue weighted by atomic mass is 9.88. The number of nitrogens with one attached hydrogen (secondary N) is 1. The minimum Gasteiger partial charge on any atom is -0.349 e. The minimum absolute atomic E-state index is 0.0388. The van der Waals surface area contributed by atoms with Crippen molar-refractivity contribution in [3.05, 3.63) is 47.5 Å². The Hall–Kier alpha value is -2.17. The Balaban J connectivity index is 2.17. The molecule has 0 unspecified atom stereocenters. The lowest BCUT2D eigenvalue weighted by Gasteiger charge is -2.23. The SMILES string of the molecule is Cc1nn(C)cc1[C@H](C)NC(=O)[C@H](c1ccncc1)C(C)C. The number of carbonyl (C=O) groups is 1. The zero-order chi connectivity index (χ0) is 16.3. The first-order valence-electron chi connectivity index (χ1n) is 7.60. The number of hydrogen-bond donors (Lipinski definition) is 1. The van der Waals surface area contributed by atoms with E-state index in [1.54, 1.807) is 17.1 Å². The highest BCUT2D eigenvalue weighted by Crippen LogP contribution is 2.26. The monoisotopic (exact) mass is 300 g/mol. The number of amides is 1. The highest BCUT2D eigenvalue weighted by Gasteiger charge is 2.26. The van der Waals surface area contributed by atoms with Crippen LogP contribution in [0.2, 0.25) is 0 Å². The molecule has 0 aliphatic heterocycles. The standard InChI is InChI=1S/C17H24N4O/c1-11(2)16(14-6-8-18-9-7-14)17(22)19-12(3)15-10-21(5)20-13(15)4/h6-12,16H,1-5H3,(H,19,22)/t12-,16-/m0/s1. The van der Waals surface area contributed by atoms with E-state index < -0.39 is 0 Å². The fourth-order valence-electron chi connectivity index (χ4n) is 2.83. The molecule has 22 heavy (non-hydrogen) atoms. The number of aromatic nitrogens is 3. The molecule has 0 spiro atoms. The summed E-state index contributed by atoms with van der Waals surface area (Å²) in [7, 11) is 1.89. The Bertz CT molecular complexity index is 633. The summed E-state index contributed by atoms with van der Waals surface area (Å²) < 4.78 is 1.77. The maximum atomic E-state index is 12.7. The van der Waals surface area contributed by atoms with E-state index in [0.29, 0.717) is 0 Å². The van der Waals surface area contributed by atoms with Gasteiger partial charge in [-0.05, 0) is 37.5 Å². The van der Waals surface area contributed by atoms with Crippen molar-refractivity contribution in [3.63, 3.8) is 0 Å². The van der Waals surface area contributed by atoms with Gasteiger partial charge in [0, 0.05) is 31.2 Å². The van der Waals surface area contributed by atoms with Crippen LogP contribution in [0.15, 0.2) is 30.7 Å². The Morgan fingerprint density at radius 2 is 1.86 bits per heavy atom. The average Bonchev–Trinajstić information content (AvgIpc) is 2.78. The molecule has 2 aromatic heterocycles. The van der Waals surface area contributed by atoms with Crippen molar-refractivity contribution in [2.45, 2.75) is 39.7 Å². The van der Waals surface area contributed by atoms with E-state index in [9.17, 15) is 4.79 Å². The van der Waals surface area contributed by atoms with Crippen molar-refractivity contribution in [1.82, 2.24) is 20.1 Å². The first kappa shape index (κ1) is 16.2. The predicted octanol–water partition coefficient (Wildman–Crippen LogP) is 2.74. The number of rotatable bonds is 5. The van der Waals surface area contributed by atoms with Crippen molar-refractivity contribution in [3.8, 4) is 0 Å². The molecule has 0 saturated carbocycles. The van der Waals surface area contributed by atoms with Gasteiger partial charge in [-0.3, -0.25) is 14.5 Å². The smallest absolute Gasteiger partial charge is 0.228 e. The molecular formula is C17H24N4O. The molecule has 0 radical (unpaired) electrons. The number of pyridine rings is 1. The summed E-state index contributed by atoms with van der Waals surface area (Å²) >= 11 is 0. The summed E-state index contributed by atoms with van der Waals surface area (Å²) in [5, 5.41) is 7.45. The van der Waals surface area contributed by atoms with Crippen LogP contribution >= 0.6 is 0 Å². The van der Waals surface area contributed by atoms with Gasteiger partial charge in [0.15, 0.2) is 0 Å². The molecule has 0 fully saturated rings. The van der Waals surface area contributed by atoms with Crippen molar-refractivity contribution < 1.29 is 4.79 Å². The van der Waals surface area contributed by atoms with Crippen LogP contribution < -0.4 is 5.32 Å². The highest BCUT2D eigenvalue weighted by molar-refractivity contribution is 5.84. The Morgan fingerprint density at radius 1 is 1.23 bits per heavy atom. The van der Waals surface area contributed by atoms with Gasteiger partial charge >= 0.3 is 0 Å². The van der Waals surface area contributed by atoms with Crippen molar-refractivity contribution >= 4 is 5.91 Å². The molecule has 0 saturated heterocycles. The third-order valence-electron chi connectivity index (χ3n) is 3.89. The Kier molecular flexibility index (Phi) is 4.96. The molecule has 2 rings (SSSR count). The third-order valence-corrected chi connectivity index (χ3v) is 3.89. The van der Waals surface area contributed by atoms with E-state index in [1.807, 2.05) is 39.2 Å². The highest BCUT2D eigenvalue weighted by atomic mass is 16.2. The summed E-state index contributed by atoms with van der Waals surface area (Å²) in [5.74, 6) is 0.0731. The van der Waals surface area contributed by atoms with Gasteiger partial charge < -0.3 is 5.32 Å². The summed E-state index contributed by atoms with van der Waals surface area (Å²) in [6, 6.07) is 3.75. The predicted molar refractivity (Wildman–Crippen MR) is 86.3 cm³/mol. The fourth-order valence-corrected chi connectivity index (χ4v) is 2.83. The molecule has 5 heteroatoms. The van der Waals surface area contributed by atoms with Gasteiger partial charge in [-0.1, -0.05) is 13.8 Å². The van der Waals surface area contributed by atoms with Crippen LogP contribution in [0.25, 0.3) is 0 Å². The van der Waals surface area contributed by atoms with Crippen molar-refractivity contribution in [1.29, 1.82) is 0 Å². The van der Waals surface area contributed by atoms with Crippen LogP contribution in [0, 0.1) is 12.8 Å². The molecule has 0 aliphatic carbocycles. The fraction of sp³-hybridized carbons (Fsp3) is 0.471. The number of aryl methyl sites for hydroxylation is 2. The third kappa shape index (κ3) is 3.53. The number of carbonyl (C=O) groups excluding carboxylic acids is 1. The second-order valence-corrected chi connectivity index (χ2v) is 6.08. The quantitative estimate of drug-likeness (QED) is 0.923. The average molecular weight is 300 g/mol. The van der Waals surface area contributed by atoms with E-state index >= 15 is 0 Å². The maximum Gasteiger partial charge on any atom is 0.228 e. The molecule has 2 aromatic rings. The van der Waals surface area contributed by atoms with Gasteiger partial charge in [0.05, 0.1) is 17.7 Å². The van der Waals surface area contributed by atoms with Gasteiger partial charge in [-0.15, -0.1) is 0 Å². The van der Waals surface area contributed by atoms with Crippen LogP contribution in [-0.2, 0) is 11.8 Å². The van der Waals surface area contributed by atoms with Crippen LogP contribution in [0.5, 0.6) is 0 Å². The van der Waals surface area contributed by atoms with Crippen LogP contribution in [0.4, 0.5) is 0 Å². The van der Waals surface area contributed by atoms with Crippen molar-refractivity contribution in [2.24, 2.45) is 13.0 Å². The molecule has 1 amide bonds. The molecule has 118 valence electrons. The minimum atomic E-state index is -0.178.